The Hall–Kier alpha value is -1.59. The smallest absolute Gasteiger partial charge is 0.251 e. The van der Waals surface area contributed by atoms with Crippen molar-refractivity contribution in [3.63, 3.8) is 0 Å². The first-order valence-electron chi connectivity index (χ1n) is 6.05. The van der Waals surface area contributed by atoms with Crippen molar-refractivity contribution in [2.24, 2.45) is 5.73 Å². The van der Waals surface area contributed by atoms with Crippen LogP contribution in [0.5, 0.6) is 0 Å². The number of carbonyl (C=O) groups excluding carboxylic acids is 2. The summed E-state index contributed by atoms with van der Waals surface area (Å²) in [4.78, 5) is 22.9. The highest BCUT2D eigenvalue weighted by molar-refractivity contribution is 5.94. The molecule has 0 bridgehead atoms. The number of nitrogens with two attached hydrogens (primary N) is 1. The van der Waals surface area contributed by atoms with Gasteiger partial charge in [-0.15, -0.1) is 12.4 Å². The Morgan fingerprint density at radius 2 is 2.05 bits per heavy atom. The number of nitrogens with one attached hydrogen (secondary N) is 2. The number of amides is 2. The lowest BCUT2D eigenvalue weighted by molar-refractivity contribution is -0.122. The highest BCUT2D eigenvalue weighted by atomic mass is 35.5. The van der Waals surface area contributed by atoms with Crippen molar-refractivity contribution in [3.05, 3.63) is 35.4 Å². The van der Waals surface area contributed by atoms with E-state index in [0.29, 0.717) is 31.5 Å². The van der Waals surface area contributed by atoms with Gasteiger partial charge in [-0.05, 0) is 24.1 Å². The highest BCUT2D eigenvalue weighted by Gasteiger charge is 2.19. The van der Waals surface area contributed by atoms with Crippen LogP contribution in [0, 0.1) is 0 Å². The van der Waals surface area contributed by atoms with E-state index in [9.17, 15) is 9.59 Å². The third-order valence-corrected chi connectivity index (χ3v) is 3.05. The van der Waals surface area contributed by atoms with Gasteiger partial charge in [-0.2, -0.15) is 0 Å². The lowest BCUT2D eigenvalue weighted by atomic mass is 10.1. The van der Waals surface area contributed by atoms with Crippen LogP contribution in [0.25, 0.3) is 0 Å². The Morgan fingerprint density at radius 3 is 2.58 bits per heavy atom. The van der Waals surface area contributed by atoms with Crippen LogP contribution in [0.1, 0.15) is 28.8 Å². The van der Waals surface area contributed by atoms with Gasteiger partial charge >= 0.3 is 0 Å². The van der Waals surface area contributed by atoms with Gasteiger partial charge in [0, 0.05) is 31.1 Å². The summed E-state index contributed by atoms with van der Waals surface area (Å²) < 4.78 is 0. The van der Waals surface area contributed by atoms with E-state index in [1.807, 2.05) is 12.1 Å². The second-order valence-corrected chi connectivity index (χ2v) is 4.41. The number of benzene rings is 1. The average Bonchev–Trinajstić information content (AvgIpc) is 2.41. The third-order valence-electron chi connectivity index (χ3n) is 3.05. The largest absolute Gasteiger partial charge is 0.354 e. The van der Waals surface area contributed by atoms with Crippen molar-refractivity contribution in [1.29, 1.82) is 0 Å². The second-order valence-electron chi connectivity index (χ2n) is 4.41. The lowest BCUT2D eigenvalue weighted by Gasteiger charge is -2.23. The zero-order valence-corrected chi connectivity index (χ0v) is 11.3. The molecule has 1 unspecified atom stereocenters. The maximum absolute atomic E-state index is 11.9. The van der Waals surface area contributed by atoms with Gasteiger partial charge in [0.25, 0.3) is 5.91 Å². The number of carbonyl (C=O) groups is 2. The molecule has 2 amide bonds. The Morgan fingerprint density at radius 1 is 1.37 bits per heavy atom. The molecule has 0 radical (unpaired) electrons. The molecule has 1 aliphatic heterocycles. The van der Waals surface area contributed by atoms with Gasteiger partial charge in [0.15, 0.2) is 0 Å². The van der Waals surface area contributed by atoms with Crippen molar-refractivity contribution in [2.75, 3.05) is 6.54 Å². The summed E-state index contributed by atoms with van der Waals surface area (Å²) in [5.74, 6) is -0.0625. The van der Waals surface area contributed by atoms with E-state index in [1.54, 1.807) is 12.1 Å². The average molecular weight is 284 g/mol. The molecule has 1 aromatic rings. The molecule has 104 valence electrons. The van der Waals surface area contributed by atoms with Crippen LogP contribution in [0.15, 0.2) is 24.3 Å². The molecule has 2 rings (SSSR count). The molecule has 6 heteroatoms. The first kappa shape index (κ1) is 15.5. The fourth-order valence-corrected chi connectivity index (χ4v) is 1.92. The Bertz CT molecular complexity index is 438. The van der Waals surface area contributed by atoms with Crippen molar-refractivity contribution < 1.29 is 9.59 Å². The van der Waals surface area contributed by atoms with E-state index in [-0.39, 0.29) is 30.3 Å². The number of rotatable bonds is 3. The van der Waals surface area contributed by atoms with Gasteiger partial charge in [0.1, 0.15) is 0 Å². The van der Waals surface area contributed by atoms with Crippen molar-refractivity contribution in [2.45, 2.75) is 25.4 Å². The SMILES string of the molecule is Cl.NCc1ccc(C(=O)NC2CCC(=O)NC2)cc1. The summed E-state index contributed by atoms with van der Waals surface area (Å²) in [5.41, 5.74) is 7.11. The molecule has 1 heterocycles. The highest BCUT2D eigenvalue weighted by Crippen LogP contribution is 2.07. The topological polar surface area (TPSA) is 84.2 Å². The first-order chi connectivity index (χ1) is 8.69. The number of halogens is 1. The minimum Gasteiger partial charge on any atom is -0.354 e. The minimum absolute atomic E-state index is 0. The normalized spacial score (nSPS) is 18.2. The molecule has 1 fully saturated rings. The predicted octanol–water partition coefficient (Wildman–Crippen LogP) is 0.575. The molecule has 1 atom stereocenters. The molecule has 19 heavy (non-hydrogen) atoms. The maximum atomic E-state index is 11.9. The van der Waals surface area contributed by atoms with Crippen LogP contribution < -0.4 is 16.4 Å². The standard InChI is InChI=1S/C13H17N3O2.ClH/c14-7-9-1-3-10(4-2-9)13(18)16-11-5-6-12(17)15-8-11;/h1-4,11H,5-8,14H2,(H,15,17)(H,16,18);1H. The van der Waals surface area contributed by atoms with Crippen LogP contribution in [-0.2, 0) is 11.3 Å². The quantitative estimate of drug-likeness (QED) is 0.758. The Kier molecular flexibility index (Phi) is 5.79. The lowest BCUT2D eigenvalue weighted by Crippen LogP contribution is -2.47. The minimum atomic E-state index is -0.111. The molecule has 1 aromatic carbocycles. The van der Waals surface area contributed by atoms with E-state index in [4.69, 9.17) is 5.73 Å². The van der Waals surface area contributed by atoms with Gasteiger partial charge in [0.05, 0.1) is 0 Å². The number of piperidine rings is 1. The fourth-order valence-electron chi connectivity index (χ4n) is 1.92. The summed E-state index contributed by atoms with van der Waals surface area (Å²) in [6, 6.07) is 7.23. The van der Waals surface area contributed by atoms with Crippen LogP contribution in [-0.4, -0.2) is 24.4 Å². The molecule has 4 N–H and O–H groups in total. The molecular formula is C13H18ClN3O2. The Labute approximate surface area is 118 Å². The van der Waals surface area contributed by atoms with Gasteiger partial charge in [-0.1, -0.05) is 12.1 Å². The monoisotopic (exact) mass is 283 g/mol. The molecule has 0 aliphatic carbocycles. The zero-order chi connectivity index (χ0) is 13.0. The summed E-state index contributed by atoms with van der Waals surface area (Å²) in [7, 11) is 0. The van der Waals surface area contributed by atoms with Gasteiger partial charge in [-0.25, -0.2) is 0 Å². The van der Waals surface area contributed by atoms with Crippen molar-refractivity contribution in [1.82, 2.24) is 10.6 Å². The van der Waals surface area contributed by atoms with Crippen LogP contribution in [0.2, 0.25) is 0 Å². The molecule has 0 aromatic heterocycles. The molecule has 5 nitrogen and oxygen atoms in total. The molecule has 0 saturated carbocycles. The molecule has 1 aliphatic rings. The second kappa shape index (κ2) is 7.11. The first-order valence-corrected chi connectivity index (χ1v) is 6.05. The summed E-state index contributed by atoms with van der Waals surface area (Å²) >= 11 is 0. The summed E-state index contributed by atoms with van der Waals surface area (Å²) in [6.07, 6.45) is 1.16. The number of hydrogen-bond acceptors (Lipinski definition) is 3. The van der Waals surface area contributed by atoms with Crippen LogP contribution in [0.4, 0.5) is 0 Å². The van der Waals surface area contributed by atoms with Crippen molar-refractivity contribution >= 4 is 24.2 Å². The van der Waals surface area contributed by atoms with Crippen molar-refractivity contribution in [3.8, 4) is 0 Å². The molecule has 0 spiro atoms. The maximum Gasteiger partial charge on any atom is 0.251 e. The third kappa shape index (κ3) is 4.22. The fraction of sp³-hybridized carbons (Fsp3) is 0.385. The zero-order valence-electron chi connectivity index (χ0n) is 10.5. The molecule has 1 saturated heterocycles. The van der Waals surface area contributed by atoms with E-state index in [2.05, 4.69) is 10.6 Å². The van der Waals surface area contributed by atoms with E-state index < -0.39 is 0 Å². The molecular weight excluding hydrogens is 266 g/mol. The van der Waals surface area contributed by atoms with E-state index >= 15 is 0 Å². The summed E-state index contributed by atoms with van der Waals surface area (Å²) in [5, 5.41) is 5.65. The van der Waals surface area contributed by atoms with Gasteiger partial charge in [-0.3, -0.25) is 9.59 Å². The van der Waals surface area contributed by atoms with Gasteiger partial charge < -0.3 is 16.4 Å². The van der Waals surface area contributed by atoms with E-state index in [0.717, 1.165) is 5.56 Å². The van der Waals surface area contributed by atoms with Gasteiger partial charge in [0.2, 0.25) is 5.91 Å². The number of hydrogen-bond donors (Lipinski definition) is 3. The predicted molar refractivity (Wildman–Crippen MR) is 75.1 cm³/mol. The Balaban J connectivity index is 0.00000180. The summed E-state index contributed by atoms with van der Waals surface area (Å²) in [6.45, 7) is 0.974. The van der Waals surface area contributed by atoms with Crippen LogP contribution in [0.3, 0.4) is 0 Å². The van der Waals surface area contributed by atoms with E-state index in [1.165, 1.54) is 0 Å². The van der Waals surface area contributed by atoms with Crippen LogP contribution >= 0.6 is 12.4 Å².